The largest absolute Gasteiger partial charge is 0.494 e. The standard InChI is InChI=1S/C11H10NO/c1-3-9-5-10(8-12)7-11(6-9)13-4-2/h5-7H,1,4H2,2H3. The highest BCUT2D eigenvalue weighted by atomic mass is 16.5. The molecule has 0 spiro atoms. The molecule has 1 aromatic rings. The molecule has 0 aromatic heterocycles. The predicted molar refractivity (Wildman–Crippen MR) is 50.3 cm³/mol. The van der Waals surface area contributed by atoms with Gasteiger partial charge in [-0.1, -0.05) is 6.58 Å². The molecule has 0 aliphatic heterocycles. The zero-order chi connectivity index (χ0) is 9.68. The van der Waals surface area contributed by atoms with Gasteiger partial charge in [0.1, 0.15) is 5.75 Å². The van der Waals surface area contributed by atoms with Crippen molar-refractivity contribution in [1.29, 1.82) is 5.26 Å². The minimum atomic E-state index is 0.567. The van der Waals surface area contributed by atoms with Crippen LogP contribution in [-0.4, -0.2) is 6.61 Å². The van der Waals surface area contributed by atoms with E-state index < -0.39 is 0 Å². The smallest absolute Gasteiger partial charge is 0.121 e. The highest BCUT2D eigenvalue weighted by Crippen LogP contribution is 2.16. The molecule has 0 unspecified atom stereocenters. The highest BCUT2D eigenvalue weighted by Gasteiger charge is 1.98. The number of ether oxygens (including phenoxy) is 1. The van der Waals surface area contributed by atoms with E-state index in [0.29, 0.717) is 17.9 Å². The van der Waals surface area contributed by atoms with E-state index in [-0.39, 0.29) is 0 Å². The molecule has 0 aliphatic carbocycles. The Morgan fingerprint density at radius 1 is 1.38 bits per heavy atom. The first kappa shape index (κ1) is 9.34. The van der Waals surface area contributed by atoms with Gasteiger partial charge in [-0.2, -0.15) is 5.26 Å². The molecule has 0 heterocycles. The van der Waals surface area contributed by atoms with E-state index in [1.807, 2.05) is 6.92 Å². The predicted octanol–water partition coefficient (Wildman–Crippen LogP) is 2.29. The SMILES string of the molecule is C=[C]c1cc(C#N)cc(OCC)c1. The average molecular weight is 172 g/mol. The van der Waals surface area contributed by atoms with Crippen LogP contribution in [0.1, 0.15) is 18.1 Å². The molecule has 0 N–H and O–H groups in total. The van der Waals surface area contributed by atoms with Crippen LogP contribution in [-0.2, 0) is 0 Å². The summed E-state index contributed by atoms with van der Waals surface area (Å²) >= 11 is 0. The zero-order valence-electron chi connectivity index (χ0n) is 7.50. The Kier molecular flexibility index (Phi) is 3.10. The summed E-state index contributed by atoms with van der Waals surface area (Å²) in [4.78, 5) is 0. The maximum atomic E-state index is 8.70. The first-order valence-corrected chi connectivity index (χ1v) is 4.01. The fourth-order valence-corrected chi connectivity index (χ4v) is 1.02. The van der Waals surface area contributed by atoms with E-state index >= 15 is 0 Å². The Hall–Kier alpha value is -1.75. The molecule has 0 bridgehead atoms. The van der Waals surface area contributed by atoms with E-state index in [1.54, 1.807) is 18.2 Å². The Balaban J connectivity index is 3.08. The fourth-order valence-electron chi connectivity index (χ4n) is 1.02. The van der Waals surface area contributed by atoms with Crippen LogP contribution in [0.25, 0.3) is 0 Å². The van der Waals surface area contributed by atoms with Gasteiger partial charge in [-0.15, -0.1) is 0 Å². The topological polar surface area (TPSA) is 33.0 Å². The first-order valence-electron chi connectivity index (χ1n) is 4.01. The van der Waals surface area contributed by atoms with Gasteiger partial charge in [-0.05, 0) is 36.8 Å². The van der Waals surface area contributed by atoms with Crippen molar-refractivity contribution in [3.05, 3.63) is 42.0 Å². The summed E-state index contributed by atoms with van der Waals surface area (Å²) < 4.78 is 5.27. The van der Waals surface area contributed by atoms with Gasteiger partial charge in [0.25, 0.3) is 0 Å². The number of hydrogen-bond donors (Lipinski definition) is 0. The van der Waals surface area contributed by atoms with Crippen molar-refractivity contribution in [3.63, 3.8) is 0 Å². The van der Waals surface area contributed by atoms with Gasteiger partial charge in [0.05, 0.1) is 18.2 Å². The lowest BCUT2D eigenvalue weighted by molar-refractivity contribution is 0.340. The third kappa shape index (κ3) is 2.34. The molecule has 0 amide bonds. The van der Waals surface area contributed by atoms with Crippen molar-refractivity contribution in [3.8, 4) is 11.8 Å². The lowest BCUT2D eigenvalue weighted by atomic mass is 10.1. The fraction of sp³-hybridized carbons (Fsp3) is 0.182. The summed E-state index contributed by atoms with van der Waals surface area (Å²) in [6, 6.07) is 7.27. The van der Waals surface area contributed by atoms with Crippen molar-refractivity contribution in [2.24, 2.45) is 0 Å². The molecule has 13 heavy (non-hydrogen) atoms. The Bertz CT molecular complexity index is 350. The van der Waals surface area contributed by atoms with E-state index in [1.165, 1.54) is 0 Å². The van der Waals surface area contributed by atoms with Crippen molar-refractivity contribution in [2.45, 2.75) is 6.92 Å². The minimum absolute atomic E-state index is 0.567. The van der Waals surface area contributed by atoms with E-state index in [0.717, 1.165) is 5.56 Å². The summed E-state index contributed by atoms with van der Waals surface area (Å²) in [5.41, 5.74) is 1.35. The lowest BCUT2D eigenvalue weighted by Crippen LogP contribution is -1.92. The van der Waals surface area contributed by atoms with E-state index in [4.69, 9.17) is 10.00 Å². The molecule has 0 saturated carbocycles. The molecule has 0 saturated heterocycles. The highest BCUT2D eigenvalue weighted by molar-refractivity contribution is 5.42. The van der Waals surface area contributed by atoms with Crippen LogP contribution >= 0.6 is 0 Å². The quantitative estimate of drug-likeness (QED) is 0.700. The number of rotatable bonds is 3. The summed E-state index contributed by atoms with van der Waals surface area (Å²) in [5.74, 6) is 0.688. The summed E-state index contributed by atoms with van der Waals surface area (Å²) in [7, 11) is 0. The molecule has 0 atom stereocenters. The monoisotopic (exact) mass is 172 g/mol. The Morgan fingerprint density at radius 2 is 2.08 bits per heavy atom. The van der Waals surface area contributed by atoms with Gasteiger partial charge >= 0.3 is 0 Å². The maximum absolute atomic E-state index is 8.70. The number of hydrogen-bond acceptors (Lipinski definition) is 2. The van der Waals surface area contributed by atoms with Gasteiger partial charge in [-0.3, -0.25) is 0 Å². The van der Waals surface area contributed by atoms with Gasteiger partial charge in [-0.25, -0.2) is 0 Å². The van der Waals surface area contributed by atoms with Crippen molar-refractivity contribution < 1.29 is 4.74 Å². The maximum Gasteiger partial charge on any atom is 0.121 e. The molecule has 0 fully saturated rings. The third-order valence-electron chi connectivity index (χ3n) is 1.55. The van der Waals surface area contributed by atoms with Crippen molar-refractivity contribution in [1.82, 2.24) is 0 Å². The number of nitrogens with zero attached hydrogens (tertiary/aromatic N) is 1. The molecule has 2 heteroatoms. The van der Waals surface area contributed by atoms with Crippen molar-refractivity contribution in [2.75, 3.05) is 6.61 Å². The van der Waals surface area contributed by atoms with Gasteiger partial charge in [0.2, 0.25) is 0 Å². The van der Waals surface area contributed by atoms with Gasteiger partial charge in [0, 0.05) is 0 Å². The summed E-state index contributed by atoms with van der Waals surface area (Å²) in [6.07, 6.45) is 2.72. The zero-order valence-corrected chi connectivity index (χ0v) is 7.50. The molecular weight excluding hydrogens is 162 g/mol. The molecule has 1 rings (SSSR count). The van der Waals surface area contributed by atoms with E-state index in [2.05, 4.69) is 18.7 Å². The van der Waals surface area contributed by atoms with Crippen LogP contribution in [0.5, 0.6) is 5.75 Å². The second-order valence-corrected chi connectivity index (χ2v) is 2.47. The molecule has 2 nitrogen and oxygen atoms in total. The van der Waals surface area contributed by atoms with Gasteiger partial charge in [0.15, 0.2) is 0 Å². The molecule has 1 radical (unpaired) electrons. The number of nitriles is 1. The lowest BCUT2D eigenvalue weighted by Gasteiger charge is -2.03. The van der Waals surface area contributed by atoms with Crippen LogP contribution in [0, 0.1) is 17.4 Å². The third-order valence-corrected chi connectivity index (χ3v) is 1.55. The Morgan fingerprint density at radius 3 is 2.62 bits per heavy atom. The average Bonchev–Trinajstić information content (AvgIpc) is 2.17. The van der Waals surface area contributed by atoms with Crippen LogP contribution in [0.4, 0.5) is 0 Å². The van der Waals surface area contributed by atoms with Crippen LogP contribution in [0.15, 0.2) is 24.8 Å². The molecule has 65 valence electrons. The van der Waals surface area contributed by atoms with E-state index in [9.17, 15) is 0 Å². The summed E-state index contributed by atoms with van der Waals surface area (Å²) in [5, 5.41) is 8.70. The van der Waals surface area contributed by atoms with Crippen LogP contribution in [0.2, 0.25) is 0 Å². The summed E-state index contributed by atoms with van der Waals surface area (Å²) in [6.45, 7) is 6.01. The normalized spacial score (nSPS) is 8.92. The van der Waals surface area contributed by atoms with Crippen molar-refractivity contribution >= 4 is 0 Å². The Labute approximate surface area is 78.1 Å². The molecular formula is C11H10NO. The minimum Gasteiger partial charge on any atom is -0.494 e. The first-order chi connectivity index (χ1) is 6.30. The molecule has 0 aliphatic rings. The van der Waals surface area contributed by atoms with Gasteiger partial charge < -0.3 is 4.74 Å². The second-order valence-electron chi connectivity index (χ2n) is 2.47. The second kappa shape index (κ2) is 4.32. The molecule has 1 aromatic carbocycles. The van der Waals surface area contributed by atoms with Crippen LogP contribution < -0.4 is 4.74 Å². The van der Waals surface area contributed by atoms with Crippen LogP contribution in [0.3, 0.4) is 0 Å². The number of benzene rings is 1.